The molecule has 0 unspecified atom stereocenters. The van der Waals surface area contributed by atoms with Crippen molar-refractivity contribution in [1.29, 1.82) is 0 Å². The number of hydrogen-bond acceptors (Lipinski definition) is 6. The van der Waals surface area contributed by atoms with Crippen LogP contribution in [0.25, 0.3) is 0 Å². The number of aliphatic carboxylic acids is 1. The van der Waals surface area contributed by atoms with Crippen molar-refractivity contribution >= 4 is 23.9 Å². The first kappa shape index (κ1) is 13.6. The normalized spacial score (nSPS) is 10.8. The zero-order chi connectivity index (χ0) is 13.4. The number of carbonyl (C=O) groups is 2. The van der Waals surface area contributed by atoms with Crippen LogP contribution in [0.1, 0.15) is 19.2 Å². The van der Waals surface area contributed by atoms with E-state index in [0.717, 1.165) is 0 Å². The second-order valence-electron chi connectivity index (χ2n) is 3.11. The first-order chi connectivity index (χ1) is 8.69. The number of carbonyl (C=O) groups excluding carboxylic acids is 1. The number of rotatable bonds is 7. The maximum absolute atomic E-state index is 11.0. The molecule has 96 valence electrons. The number of carboxylic acid groups (broad SMARTS) is 1. The summed E-state index contributed by atoms with van der Waals surface area (Å²) in [5.74, 6) is -1.26. The highest BCUT2D eigenvalue weighted by atomic mass is 16.6. The van der Waals surface area contributed by atoms with E-state index in [-0.39, 0.29) is 11.6 Å². The van der Waals surface area contributed by atoms with E-state index >= 15 is 0 Å². The van der Waals surface area contributed by atoms with Crippen LogP contribution in [0, 0.1) is 0 Å². The average Bonchev–Trinajstić information content (AvgIpc) is 2.35. The van der Waals surface area contributed by atoms with Gasteiger partial charge in [-0.3, -0.25) is 4.79 Å². The van der Waals surface area contributed by atoms with Gasteiger partial charge in [0.15, 0.2) is 5.82 Å². The predicted molar refractivity (Wildman–Crippen MR) is 62.1 cm³/mol. The molecule has 0 atom stereocenters. The van der Waals surface area contributed by atoms with E-state index in [1.807, 2.05) is 6.92 Å². The summed E-state index contributed by atoms with van der Waals surface area (Å²) in [5, 5.41) is 14.7. The minimum atomic E-state index is -1.31. The molecule has 0 bridgehead atoms. The highest BCUT2D eigenvalue weighted by Crippen LogP contribution is 2.03. The largest absolute Gasteiger partial charge is 0.476 e. The Morgan fingerprint density at radius 3 is 3.06 bits per heavy atom. The van der Waals surface area contributed by atoms with Gasteiger partial charge in [0, 0.05) is 6.20 Å². The molecule has 1 heterocycles. The fourth-order valence-electron chi connectivity index (χ4n) is 0.991. The van der Waals surface area contributed by atoms with Crippen LogP contribution in [0.2, 0.25) is 0 Å². The van der Waals surface area contributed by atoms with Crippen molar-refractivity contribution in [3.63, 3.8) is 0 Å². The highest BCUT2D eigenvalue weighted by molar-refractivity contribution is 6.41. The lowest BCUT2D eigenvalue weighted by molar-refractivity contribution is -0.129. The molecule has 0 spiro atoms. The molecule has 0 saturated heterocycles. The molecular formula is C10H12N4O4. The van der Waals surface area contributed by atoms with E-state index in [1.165, 1.54) is 12.3 Å². The van der Waals surface area contributed by atoms with Crippen molar-refractivity contribution < 1.29 is 19.5 Å². The van der Waals surface area contributed by atoms with Crippen molar-refractivity contribution in [2.24, 2.45) is 5.16 Å². The van der Waals surface area contributed by atoms with Crippen molar-refractivity contribution in [3.8, 4) is 0 Å². The summed E-state index contributed by atoms with van der Waals surface area (Å²) in [6.07, 6.45) is 2.44. The van der Waals surface area contributed by atoms with Gasteiger partial charge < -0.3 is 15.3 Å². The second-order valence-corrected chi connectivity index (χ2v) is 3.11. The van der Waals surface area contributed by atoms with Gasteiger partial charge in [0.25, 0.3) is 0 Å². The number of amides is 1. The van der Waals surface area contributed by atoms with E-state index in [2.05, 4.69) is 20.4 Å². The molecule has 0 aliphatic carbocycles. The fraction of sp³-hybridized carbons (Fsp3) is 0.300. The quantitative estimate of drug-likeness (QED) is 0.311. The van der Waals surface area contributed by atoms with Crippen molar-refractivity contribution in [3.05, 3.63) is 18.1 Å². The van der Waals surface area contributed by atoms with Gasteiger partial charge in [-0.2, -0.15) is 0 Å². The molecular weight excluding hydrogens is 240 g/mol. The Bertz CT molecular complexity index is 461. The minimum absolute atomic E-state index is 0.134. The average molecular weight is 252 g/mol. The van der Waals surface area contributed by atoms with Gasteiger partial charge >= 0.3 is 5.97 Å². The first-order valence-corrected chi connectivity index (χ1v) is 5.16. The van der Waals surface area contributed by atoms with Crippen molar-refractivity contribution in [2.75, 3.05) is 11.9 Å². The van der Waals surface area contributed by atoms with Gasteiger partial charge in [-0.05, 0) is 12.5 Å². The highest BCUT2D eigenvalue weighted by Gasteiger charge is 2.17. The Morgan fingerprint density at radius 1 is 1.67 bits per heavy atom. The smallest absolute Gasteiger partial charge is 0.361 e. The summed E-state index contributed by atoms with van der Waals surface area (Å²) in [7, 11) is 0. The zero-order valence-corrected chi connectivity index (χ0v) is 9.66. The van der Waals surface area contributed by atoms with Crippen LogP contribution in [0.3, 0.4) is 0 Å². The van der Waals surface area contributed by atoms with Crippen LogP contribution in [0.4, 0.5) is 5.82 Å². The molecule has 1 rings (SSSR count). The van der Waals surface area contributed by atoms with Crippen LogP contribution in [0.15, 0.2) is 17.4 Å². The van der Waals surface area contributed by atoms with Crippen molar-refractivity contribution in [2.45, 2.75) is 13.3 Å². The molecule has 0 radical (unpaired) electrons. The fourth-order valence-corrected chi connectivity index (χ4v) is 0.991. The van der Waals surface area contributed by atoms with Gasteiger partial charge in [-0.15, -0.1) is 0 Å². The number of carboxylic acids is 1. The third-order valence-electron chi connectivity index (χ3n) is 1.73. The molecule has 18 heavy (non-hydrogen) atoms. The van der Waals surface area contributed by atoms with Crippen LogP contribution in [0.5, 0.6) is 0 Å². The maximum atomic E-state index is 11.0. The number of anilines is 1. The number of nitrogens with zero attached hydrogens (tertiary/aromatic N) is 3. The van der Waals surface area contributed by atoms with Crippen LogP contribution in [-0.2, 0) is 14.4 Å². The van der Waals surface area contributed by atoms with E-state index in [0.29, 0.717) is 19.4 Å². The monoisotopic (exact) mass is 252 g/mol. The third-order valence-corrected chi connectivity index (χ3v) is 1.73. The summed E-state index contributed by atoms with van der Waals surface area (Å²) >= 11 is 0. The summed E-state index contributed by atoms with van der Waals surface area (Å²) in [5.41, 5.74) is -0.419. The minimum Gasteiger partial charge on any atom is -0.476 e. The van der Waals surface area contributed by atoms with Gasteiger partial charge in [0.1, 0.15) is 12.4 Å². The molecule has 0 aliphatic heterocycles. The van der Waals surface area contributed by atoms with Crippen molar-refractivity contribution in [1.82, 2.24) is 9.97 Å². The summed E-state index contributed by atoms with van der Waals surface area (Å²) in [6, 6.07) is 1.42. The van der Waals surface area contributed by atoms with Gasteiger partial charge in [-0.1, -0.05) is 12.1 Å². The lowest BCUT2D eigenvalue weighted by Gasteiger charge is -2.02. The summed E-state index contributed by atoms with van der Waals surface area (Å²) in [4.78, 5) is 33.6. The topological polar surface area (TPSA) is 114 Å². The molecule has 0 fully saturated rings. The number of hydrogen-bond donors (Lipinski definition) is 2. The standard InChI is InChI=1S/C10H12N4O4/c1-2-5-18-14-8(10(16)17)9-11-4-3-7(13-9)12-6-15/h3-4,6H,2,5H2,1H3,(H,16,17)(H,11,12,13,15)/b14-8-. The molecule has 1 aromatic rings. The van der Waals surface area contributed by atoms with Gasteiger partial charge in [0.2, 0.25) is 12.1 Å². The van der Waals surface area contributed by atoms with E-state index in [1.54, 1.807) is 0 Å². The van der Waals surface area contributed by atoms with Gasteiger partial charge in [-0.25, -0.2) is 14.8 Å². The predicted octanol–water partition coefficient (Wildman–Crippen LogP) is 0.260. The zero-order valence-electron chi connectivity index (χ0n) is 9.66. The lowest BCUT2D eigenvalue weighted by Crippen LogP contribution is -2.19. The summed E-state index contributed by atoms with van der Waals surface area (Å²) in [6.45, 7) is 2.16. The first-order valence-electron chi connectivity index (χ1n) is 5.16. The van der Waals surface area contributed by atoms with Crippen LogP contribution < -0.4 is 5.32 Å². The molecule has 8 heteroatoms. The van der Waals surface area contributed by atoms with Crippen LogP contribution in [-0.4, -0.2) is 39.8 Å². The molecule has 1 aromatic heterocycles. The Labute approximate surface area is 103 Å². The SMILES string of the molecule is CCCO/N=C(\C(=O)O)c1nccc(NC=O)n1. The lowest BCUT2D eigenvalue weighted by atomic mass is 10.3. The Morgan fingerprint density at radius 2 is 2.44 bits per heavy atom. The molecule has 0 aromatic carbocycles. The number of aromatic nitrogens is 2. The Balaban J connectivity index is 2.98. The number of oxime groups is 1. The van der Waals surface area contributed by atoms with Gasteiger partial charge in [0.05, 0.1) is 0 Å². The molecule has 0 aliphatic rings. The molecule has 1 amide bonds. The van der Waals surface area contributed by atoms with Crippen LogP contribution >= 0.6 is 0 Å². The summed E-state index contributed by atoms with van der Waals surface area (Å²) < 4.78 is 0. The maximum Gasteiger partial charge on any atom is 0.361 e. The third kappa shape index (κ3) is 3.81. The van der Waals surface area contributed by atoms with E-state index < -0.39 is 11.7 Å². The molecule has 8 nitrogen and oxygen atoms in total. The molecule has 2 N–H and O–H groups in total. The number of nitrogens with one attached hydrogen (secondary N) is 1. The van der Waals surface area contributed by atoms with E-state index in [9.17, 15) is 9.59 Å². The molecule has 0 saturated carbocycles. The Hall–Kier alpha value is -2.51. The Kier molecular flexibility index (Phi) is 5.23. The van der Waals surface area contributed by atoms with E-state index in [4.69, 9.17) is 9.94 Å². The second kappa shape index (κ2) is 6.94.